The second-order valence-corrected chi connectivity index (χ2v) is 4.97. The van der Waals surface area contributed by atoms with Crippen molar-refractivity contribution in [3.8, 4) is 0 Å². The summed E-state index contributed by atoms with van der Waals surface area (Å²) in [6.07, 6.45) is 3.34. The van der Waals surface area contributed by atoms with Gasteiger partial charge in [-0.15, -0.1) is 0 Å². The first-order chi connectivity index (χ1) is 9.65. The number of nitrogens with zero attached hydrogens (tertiary/aromatic N) is 2. The molecule has 106 valence electrons. The number of halogens is 1. The Hall–Kier alpha value is -1.95. The minimum absolute atomic E-state index is 0.0789. The standard InChI is InChI=1S/C14H16FN3O2/c1-9-13(14(19)16-7-11-3-2-6-20-11)18-8-10(15)4-5-12(18)17-9/h4-5,8,11H,2-3,6-7H2,1H3,(H,16,19). The van der Waals surface area contributed by atoms with Crippen LogP contribution in [0.4, 0.5) is 4.39 Å². The van der Waals surface area contributed by atoms with Crippen molar-refractivity contribution in [1.82, 2.24) is 14.7 Å². The summed E-state index contributed by atoms with van der Waals surface area (Å²) < 4.78 is 20.3. The molecular formula is C14H16FN3O2. The molecule has 3 rings (SSSR count). The summed E-state index contributed by atoms with van der Waals surface area (Å²) in [7, 11) is 0. The van der Waals surface area contributed by atoms with E-state index in [2.05, 4.69) is 10.3 Å². The van der Waals surface area contributed by atoms with Gasteiger partial charge in [0.25, 0.3) is 5.91 Å². The number of hydrogen-bond donors (Lipinski definition) is 1. The lowest BCUT2D eigenvalue weighted by molar-refractivity contribution is 0.0852. The molecule has 0 aliphatic carbocycles. The van der Waals surface area contributed by atoms with Gasteiger partial charge in [-0.1, -0.05) is 0 Å². The van der Waals surface area contributed by atoms with E-state index in [1.165, 1.54) is 16.7 Å². The fourth-order valence-electron chi connectivity index (χ4n) is 2.51. The Labute approximate surface area is 115 Å². The highest BCUT2D eigenvalue weighted by Gasteiger charge is 2.20. The van der Waals surface area contributed by atoms with Crippen LogP contribution in [0.5, 0.6) is 0 Å². The Morgan fingerprint density at radius 2 is 2.45 bits per heavy atom. The van der Waals surface area contributed by atoms with Crippen molar-refractivity contribution in [3.63, 3.8) is 0 Å². The molecule has 0 radical (unpaired) electrons. The van der Waals surface area contributed by atoms with E-state index in [1.807, 2.05) is 0 Å². The maximum atomic E-state index is 13.3. The molecule has 0 bridgehead atoms. The van der Waals surface area contributed by atoms with E-state index in [1.54, 1.807) is 13.0 Å². The number of hydrogen-bond acceptors (Lipinski definition) is 3. The SMILES string of the molecule is Cc1nc2ccc(F)cn2c1C(=O)NCC1CCCO1. The third-order valence-corrected chi connectivity index (χ3v) is 3.49. The lowest BCUT2D eigenvalue weighted by atomic mass is 10.2. The molecule has 1 amide bonds. The summed E-state index contributed by atoms with van der Waals surface area (Å²) in [6.45, 7) is 2.97. The highest BCUT2D eigenvalue weighted by molar-refractivity contribution is 5.94. The van der Waals surface area contributed by atoms with Crippen LogP contribution in [0.1, 0.15) is 29.0 Å². The van der Waals surface area contributed by atoms with Crippen LogP contribution in [0.2, 0.25) is 0 Å². The minimum Gasteiger partial charge on any atom is -0.376 e. The Morgan fingerprint density at radius 3 is 3.20 bits per heavy atom. The Balaban J connectivity index is 1.82. The van der Waals surface area contributed by atoms with Gasteiger partial charge in [-0.05, 0) is 31.9 Å². The van der Waals surface area contributed by atoms with E-state index in [0.29, 0.717) is 23.6 Å². The zero-order chi connectivity index (χ0) is 14.1. The summed E-state index contributed by atoms with van der Waals surface area (Å²) in [5.74, 6) is -0.654. The van der Waals surface area contributed by atoms with Gasteiger partial charge < -0.3 is 10.1 Å². The van der Waals surface area contributed by atoms with Crippen LogP contribution in [0.15, 0.2) is 18.3 Å². The number of aryl methyl sites for hydroxylation is 1. The molecule has 1 N–H and O–H groups in total. The average Bonchev–Trinajstić information content (AvgIpc) is 3.02. The molecule has 0 saturated carbocycles. The predicted octanol–water partition coefficient (Wildman–Crippen LogP) is 1.69. The Bertz CT molecular complexity index is 647. The van der Waals surface area contributed by atoms with Crippen LogP contribution < -0.4 is 5.32 Å². The quantitative estimate of drug-likeness (QED) is 0.929. The maximum absolute atomic E-state index is 13.3. The molecule has 0 spiro atoms. The van der Waals surface area contributed by atoms with Crippen LogP contribution in [-0.4, -0.2) is 34.5 Å². The van der Waals surface area contributed by atoms with Crippen molar-refractivity contribution in [2.45, 2.75) is 25.9 Å². The number of rotatable bonds is 3. The number of amides is 1. The van der Waals surface area contributed by atoms with Gasteiger partial charge in [0, 0.05) is 19.3 Å². The monoisotopic (exact) mass is 277 g/mol. The number of imidazole rings is 1. The second kappa shape index (κ2) is 5.20. The van der Waals surface area contributed by atoms with Crippen molar-refractivity contribution in [1.29, 1.82) is 0 Å². The molecule has 6 heteroatoms. The van der Waals surface area contributed by atoms with Crippen molar-refractivity contribution in [2.24, 2.45) is 0 Å². The first-order valence-electron chi connectivity index (χ1n) is 6.69. The zero-order valence-electron chi connectivity index (χ0n) is 11.2. The van der Waals surface area contributed by atoms with Gasteiger partial charge in [0.1, 0.15) is 17.2 Å². The van der Waals surface area contributed by atoms with Crippen LogP contribution in [0.3, 0.4) is 0 Å². The smallest absolute Gasteiger partial charge is 0.270 e. The molecule has 1 unspecified atom stereocenters. The van der Waals surface area contributed by atoms with Crippen LogP contribution in [0.25, 0.3) is 5.65 Å². The van der Waals surface area contributed by atoms with E-state index < -0.39 is 5.82 Å². The van der Waals surface area contributed by atoms with Gasteiger partial charge in [-0.25, -0.2) is 9.37 Å². The summed E-state index contributed by atoms with van der Waals surface area (Å²) in [4.78, 5) is 16.5. The summed E-state index contributed by atoms with van der Waals surface area (Å²) in [5, 5.41) is 2.83. The van der Waals surface area contributed by atoms with Crippen LogP contribution >= 0.6 is 0 Å². The zero-order valence-corrected chi connectivity index (χ0v) is 11.2. The van der Waals surface area contributed by atoms with Gasteiger partial charge in [0.15, 0.2) is 0 Å². The lowest BCUT2D eigenvalue weighted by Gasteiger charge is -2.11. The number of fused-ring (bicyclic) bond motifs is 1. The van der Waals surface area contributed by atoms with Gasteiger partial charge in [0.2, 0.25) is 0 Å². The number of ether oxygens (including phenoxy) is 1. The van der Waals surface area contributed by atoms with Crippen molar-refractivity contribution < 1.29 is 13.9 Å². The van der Waals surface area contributed by atoms with Crippen molar-refractivity contribution >= 4 is 11.6 Å². The number of pyridine rings is 1. The molecule has 2 aromatic rings. The Morgan fingerprint density at radius 1 is 1.60 bits per heavy atom. The van der Waals surface area contributed by atoms with Crippen molar-refractivity contribution in [2.75, 3.05) is 13.2 Å². The van der Waals surface area contributed by atoms with Crippen molar-refractivity contribution in [3.05, 3.63) is 35.5 Å². The fraction of sp³-hybridized carbons (Fsp3) is 0.429. The Kier molecular flexibility index (Phi) is 3.40. The molecule has 1 atom stereocenters. The van der Waals surface area contributed by atoms with Crippen LogP contribution in [0, 0.1) is 12.7 Å². The van der Waals surface area contributed by atoms with E-state index in [0.717, 1.165) is 19.4 Å². The minimum atomic E-state index is -0.400. The van der Waals surface area contributed by atoms with Gasteiger partial charge in [-0.2, -0.15) is 0 Å². The third-order valence-electron chi connectivity index (χ3n) is 3.49. The van der Waals surface area contributed by atoms with E-state index >= 15 is 0 Å². The normalized spacial score (nSPS) is 18.6. The summed E-state index contributed by atoms with van der Waals surface area (Å²) >= 11 is 0. The molecule has 1 aliphatic heterocycles. The number of carbonyl (C=O) groups excluding carboxylic acids is 1. The molecular weight excluding hydrogens is 261 g/mol. The molecule has 0 aromatic carbocycles. The largest absolute Gasteiger partial charge is 0.376 e. The fourth-order valence-corrected chi connectivity index (χ4v) is 2.51. The van der Waals surface area contributed by atoms with E-state index in [4.69, 9.17) is 4.74 Å². The van der Waals surface area contributed by atoms with E-state index in [-0.39, 0.29) is 12.0 Å². The molecule has 1 fully saturated rings. The number of nitrogens with one attached hydrogen (secondary N) is 1. The summed E-state index contributed by atoms with van der Waals surface area (Å²) in [6, 6.07) is 2.88. The molecule has 2 aromatic heterocycles. The molecule has 1 aliphatic rings. The molecule has 5 nitrogen and oxygen atoms in total. The second-order valence-electron chi connectivity index (χ2n) is 4.97. The van der Waals surface area contributed by atoms with Gasteiger partial charge >= 0.3 is 0 Å². The maximum Gasteiger partial charge on any atom is 0.270 e. The number of aromatic nitrogens is 2. The molecule has 1 saturated heterocycles. The topological polar surface area (TPSA) is 55.6 Å². The lowest BCUT2D eigenvalue weighted by Crippen LogP contribution is -2.32. The third kappa shape index (κ3) is 2.38. The van der Waals surface area contributed by atoms with Gasteiger partial charge in [0.05, 0.1) is 11.8 Å². The molecule has 20 heavy (non-hydrogen) atoms. The first-order valence-corrected chi connectivity index (χ1v) is 6.69. The number of carbonyl (C=O) groups is 1. The predicted molar refractivity (Wildman–Crippen MR) is 71.2 cm³/mol. The van der Waals surface area contributed by atoms with Gasteiger partial charge in [-0.3, -0.25) is 9.20 Å². The molecule has 3 heterocycles. The first kappa shape index (κ1) is 13.1. The van der Waals surface area contributed by atoms with Crippen LogP contribution in [-0.2, 0) is 4.74 Å². The van der Waals surface area contributed by atoms with E-state index in [9.17, 15) is 9.18 Å². The average molecular weight is 277 g/mol. The summed E-state index contributed by atoms with van der Waals surface area (Å²) in [5.41, 5.74) is 1.52. The highest BCUT2D eigenvalue weighted by Crippen LogP contribution is 2.14. The highest BCUT2D eigenvalue weighted by atomic mass is 19.1.